The number of amides is 2. The quantitative estimate of drug-likeness (QED) is 0.885. The second-order valence-electron chi connectivity index (χ2n) is 8.01. The predicted molar refractivity (Wildman–Crippen MR) is 111 cm³/mol. The van der Waals surface area contributed by atoms with Gasteiger partial charge in [-0.3, -0.25) is 0 Å². The zero-order valence-corrected chi connectivity index (χ0v) is 16.8. The Morgan fingerprint density at radius 2 is 1.86 bits per heavy atom. The molecular formula is C22H29N5O. The highest BCUT2D eigenvalue weighted by molar-refractivity contribution is 5.75. The molecule has 1 aliphatic heterocycles. The minimum atomic E-state index is 0.0504. The number of aromatic nitrogens is 2. The van der Waals surface area contributed by atoms with Crippen LogP contribution in [0.4, 0.5) is 10.6 Å². The summed E-state index contributed by atoms with van der Waals surface area (Å²) in [5, 5.41) is 3.24. The molecule has 2 heterocycles. The van der Waals surface area contributed by atoms with Crippen LogP contribution < -0.4 is 10.2 Å². The molecule has 0 spiro atoms. The Balaban J connectivity index is 1.56. The molecule has 1 aliphatic carbocycles. The predicted octanol–water partition coefficient (Wildman–Crippen LogP) is 3.61. The van der Waals surface area contributed by atoms with E-state index < -0.39 is 0 Å². The molecule has 1 N–H and O–H groups in total. The van der Waals surface area contributed by atoms with Crippen LogP contribution in [0.5, 0.6) is 0 Å². The van der Waals surface area contributed by atoms with Gasteiger partial charge in [-0.1, -0.05) is 49.6 Å². The van der Waals surface area contributed by atoms with Crippen LogP contribution in [0.1, 0.15) is 43.4 Å². The van der Waals surface area contributed by atoms with Crippen molar-refractivity contribution in [2.45, 2.75) is 51.1 Å². The van der Waals surface area contributed by atoms with Crippen molar-refractivity contribution in [2.75, 3.05) is 25.5 Å². The van der Waals surface area contributed by atoms with E-state index >= 15 is 0 Å². The van der Waals surface area contributed by atoms with Gasteiger partial charge in [-0.15, -0.1) is 0 Å². The third-order valence-corrected chi connectivity index (χ3v) is 5.71. The van der Waals surface area contributed by atoms with Crippen molar-refractivity contribution in [2.24, 2.45) is 0 Å². The van der Waals surface area contributed by atoms with Gasteiger partial charge < -0.3 is 15.1 Å². The summed E-state index contributed by atoms with van der Waals surface area (Å²) in [4.78, 5) is 26.4. The Labute approximate surface area is 167 Å². The number of carbonyl (C=O) groups excluding carboxylic acids is 1. The maximum Gasteiger partial charge on any atom is 0.317 e. The fourth-order valence-electron chi connectivity index (χ4n) is 4.17. The van der Waals surface area contributed by atoms with E-state index in [1.165, 1.54) is 19.3 Å². The van der Waals surface area contributed by atoms with Gasteiger partial charge in [0.2, 0.25) is 0 Å². The van der Waals surface area contributed by atoms with Crippen LogP contribution in [0.25, 0.3) is 11.4 Å². The summed E-state index contributed by atoms with van der Waals surface area (Å²) in [7, 11) is 4.00. The number of rotatable bonds is 3. The Bertz CT molecular complexity index is 830. The number of fused-ring (bicyclic) bond motifs is 1. The van der Waals surface area contributed by atoms with Crippen LogP contribution >= 0.6 is 0 Å². The smallest absolute Gasteiger partial charge is 0.317 e. The molecule has 0 unspecified atom stereocenters. The SMILES string of the molecule is CN(C)c1nc(-c2ccccc2)nc2c1CN(C(=O)NC1CCCCC1)CC2. The molecule has 4 rings (SSSR count). The molecule has 148 valence electrons. The molecule has 6 heteroatoms. The summed E-state index contributed by atoms with van der Waals surface area (Å²) < 4.78 is 0. The van der Waals surface area contributed by atoms with E-state index in [4.69, 9.17) is 9.97 Å². The van der Waals surface area contributed by atoms with Crippen molar-refractivity contribution < 1.29 is 4.79 Å². The van der Waals surface area contributed by atoms with Crippen molar-refractivity contribution in [1.82, 2.24) is 20.2 Å². The molecule has 0 radical (unpaired) electrons. The number of benzene rings is 1. The molecule has 0 saturated heterocycles. The monoisotopic (exact) mass is 379 g/mol. The van der Waals surface area contributed by atoms with Gasteiger partial charge in [0, 0.05) is 44.2 Å². The lowest BCUT2D eigenvalue weighted by Crippen LogP contribution is -2.47. The first-order chi connectivity index (χ1) is 13.6. The molecule has 1 saturated carbocycles. The van der Waals surface area contributed by atoms with Crippen molar-refractivity contribution in [3.8, 4) is 11.4 Å². The summed E-state index contributed by atoms with van der Waals surface area (Å²) in [6.45, 7) is 1.26. The van der Waals surface area contributed by atoms with E-state index in [9.17, 15) is 4.79 Å². The van der Waals surface area contributed by atoms with E-state index in [0.717, 1.165) is 47.7 Å². The van der Waals surface area contributed by atoms with E-state index in [2.05, 4.69) is 5.32 Å². The normalized spacial score (nSPS) is 17.1. The topological polar surface area (TPSA) is 61.4 Å². The Morgan fingerprint density at radius 3 is 2.57 bits per heavy atom. The molecule has 2 aliphatic rings. The van der Waals surface area contributed by atoms with Crippen molar-refractivity contribution >= 4 is 11.8 Å². The summed E-state index contributed by atoms with van der Waals surface area (Å²) in [5.74, 6) is 1.65. The minimum Gasteiger partial charge on any atom is -0.362 e. The van der Waals surface area contributed by atoms with Crippen LogP contribution in [0.15, 0.2) is 30.3 Å². The van der Waals surface area contributed by atoms with Crippen LogP contribution in [0.2, 0.25) is 0 Å². The lowest BCUT2D eigenvalue weighted by molar-refractivity contribution is 0.184. The highest BCUT2D eigenvalue weighted by atomic mass is 16.2. The molecule has 2 amide bonds. The molecule has 0 atom stereocenters. The number of nitrogens with zero attached hydrogens (tertiary/aromatic N) is 4. The third-order valence-electron chi connectivity index (χ3n) is 5.71. The first-order valence-electron chi connectivity index (χ1n) is 10.3. The van der Waals surface area contributed by atoms with Crippen LogP contribution in [-0.4, -0.2) is 47.6 Å². The van der Waals surface area contributed by atoms with E-state index in [-0.39, 0.29) is 6.03 Å². The van der Waals surface area contributed by atoms with Gasteiger partial charge in [-0.05, 0) is 12.8 Å². The first kappa shape index (κ1) is 18.7. The van der Waals surface area contributed by atoms with Crippen molar-refractivity contribution in [1.29, 1.82) is 0 Å². The van der Waals surface area contributed by atoms with Crippen LogP contribution in [-0.2, 0) is 13.0 Å². The number of hydrogen-bond donors (Lipinski definition) is 1. The fraction of sp³-hybridized carbons (Fsp3) is 0.500. The van der Waals surface area contributed by atoms with Gasteiger partial charge in [-0.25, -0.2) is 14.8 Å². The van der Waals surface area contributed by atoms with Crippen molar-refractivity contribution in [3.05, 3.63) is 41.6 Å². The Morgan fingerprint density at radius 1 is 1.11 bits per heavy atom. The van der Waals surface area contributed by atoms with Gasteiger partial charge in [-0.2, -0.15) is 0 Å². The Hall–Kier alpha value is -2.63. The van der Waals surface area contributed by atoms with E-state index in [1.807, 2.05) is 54.2 Å². The summed E-state index contributed by atoms with van der Waals surface area (Å²) >= 11 is 0. The molecular weight excluding hydrogens is 350 g/mol. The first-order valence-corrected chi connectivity index (χ1v) is 10.3. The molecule has 1 fully saturated rings. The summed E-state index contributed by atoms with van der Waals surface area (Å²) in [5.41, 5.74) is 3.14. The molecule has 1 aromatic heterocycles. The van der Waals surface area contributed by atoms with Gasteiger partial charge in [0.25, 0.3) is 0 Å². The number of hydrogen-bond acceptors (Lipinski definition) is 4. The van der Waals surface area contributed by atoms with Gasteiger partial charge in [0.05, 0.1) is 12.2 Å². The number of nitrogens with one attached hydrogen (secondary N) is 1. The Kier molecular flexibility index (Phi) is 5.46. The molecule has 2 aromatic rings. The zero-order chi connectivity index (χ0) is 19.5. The average Bonchev–Trinajstić information content (AvgIpc) is 2.73. The van der Waals surface area contributed by atoms with Crippen LogP contribution in [0.3, 0.4) is 0 Å². The molecule has 0 bridgehead atoms. The lowest BCUT2D eigenvalue weighted by atomic mass is 9.95. The molecule has 1 aromatic carbocycles. The fourth-order valence-corrected chi connectivity index (χ4v) is 4.17. The van der Waals surface area contributed by atoms with E-state index in [1.54, 1.807) is 0 Å². The second kappa shape index (κ2) is 8.17. The largest absolute Gasteiger partial charge is 0.362 e. The maximum atomic E-state index is 12.8. The van der Waals surface area contributed by atoms with Crippen LogP contribution in [0, 0.1) is 0 Å². The molecule has 28 heavy (non-hydrogen) atoms. The summed E-state index contributed by atoms with van der Waals surface area (Å²) in [6.07, 6.45) is 6.68. The number of anilines is 1. The molecule has 6 nitrogen and oxygen atoms in total. The third kappa shape index (κ3) is 3.96. The number of carbonyl (C=O) groups is 1. The average molecular weight is 380 g/mol. The standard InChI is InChI=1S/C22H29N5O/c1-26(2)21-18-15-27(22(28)23-17-11-7-4-8-12-17)14-13-19(18)24-20(25-21)16-9-5-3-6-10-16/h3,5-6,9-10,17H,4,7-8,11-15H2,1-2H3,(H,23,28). The maximum absolute atomic E-state index is 12.8. The highest BCUT2D eigenvalue weighted by Gasteiger charge is 2.27. The second-order valence-corrected chi connectivity index (χ2v) is 8.01. The highest BCUT2D eigenvalue weighted by Crippen LogP contribution is 2.29. The van der Waals surface area contributed by atoms with E-state index in [0.29, 0.717) is 19.1 Å². The zero-order valence-electron chi connectivity index (χ0n) is 16.8. The summed E-state index contributed by atoms with van der Waals surface area (Å²) in [6, 6.07) is 10.5. The van der Waals surface area contributed by atoms with Gasteiger partial charge >= 0.3 is 6.03 Å². The lowest BCUT2D eigenvalue weighted by Gasteiger charge is -2.33. The number of urea groups is 1. The van der Waals surface area contributed by atoms with Crippen molar-refractivity contribution in [3.63, 3.8) is 0 Å². The van der Waals surface area contributed by atoms with Gasteiger partial charge in [0.1, 0.15) is 5.82 Å². The van der Waals surface area contributed by atoms with Gasteiger partial charge in [0.15, 0.2) is 5.82 Å². The minimum absolute atomic E-state index is 0.0504.